The Morgan fingerprint density at radius 2 is 2.19 bits per heavy atom. The lowest BCUT2D eigenvalue weighted by Crippen LogP contribution is -2.11. The van der Waals surface area contributed by atoms with E-state index in [0.717, 1.165) is 18.1 Å². The SMILES string of the molecule is CC(C)c1cnc(CNCc2cncs2)s1. The van der Waals surface area contributed by atoms with Crippen LogP contribution in [-0.2, 0) is 13.1 Å². The first-order chi connectivity index (χ1) is 7.75. The molecule has 0 amide bonds. The number of hydrogen-bond donors (Lipinski definition) is 1. The quantitative estimate of drug-likeness (QED) is 0.890. The van der Waals surface area contributed by atoms with Crippen LogP contribution in [0.3, 0.4) is 0 Å². The molecule has 0 aromatic carbocycles. The summed E-state index contributed by atoms with van der Waals surface area (Å²) >= 11 is 3.47. The van der Waals surface area contributed by atoms with E-state index in [1.165, 1.54) is 9.75 Å². The summed E-state index contributed by atoms with van der Waals surface area (Å²) in [6, 6.07) is 0. The second kappa shape index (κ2) is 5.52. The van der Waals surface area contributed by atoms with Crippen molar-refractivity contribution in [3.8, 4) is 0 Å². The van der Waals surface area contributed by atoms with Crippen molar-refractivity contribution in [3.05, 3.63) is 32.7 Å². The van der Waals surface area contributed by atoms with Crippen molar-refractivity contribution in [2.45, 2.75) is 32.9 Å². The van der Waals surface area contributed by atoms with Crippen molar-refractivity contribution in [1.29, 1.82) is 0 Å². The first-order valence-corrected chi connectivity index (χ1v) is 6.98. The van der Waals surface area contributed by atoms with Gasteiger partial charge >= 0.3 is 0 Å². The highest BCUT2D eigenvalue weighted by Gasteiger charge is 2.05. The van der Waals surface area contributed by atoms with Gasteiger partial charge in [0.05, 0.1) is 5.51 Å². The monoisotopic (exact) mass is 253 g/mol. The van der Waals surface area contributed by atoms with E-state index in [4.69, 9.17) is 0 Å². The molecule has 3 nitrogen and oxygen atoms in total. The molecule has 0 aliphatic heterocycles. The zero-order valence-electron chi connectivity index (χ0n) is 9.43. The number of hydrogen-bond acceptors (Lipinski definition) is 5. The molecule has 0 saturated heterocycles. The van der Waals surface area contributed by atoms with Crippen molar-refractivity contribution in [3.63, 3.8) is 0 Å². The maximum atomic E-state index is 4.40. The molecule has 0 aliphatic rings. The largest absolute Gasteiger partial charge is 0.305 e. The van der Waals surface area contributed by atoms with Crippen molar-refractivity contribution in [2.75, 3.05) is 0 Å². The molecule has 2 aromatic rings. The van der Waals surface area contributed by atoms with Crippen LogP contribution < -0.4 is 5.32 Å². The zero-order valence-corrected chi connectivity index (χ0v) is 11.1. The van der Waals surface area contributed by atoms with Gasteiger partial charge < -0.3 is 5.32 Å². The number of rotatable bonds is 5. The van der Waals surface area contributed by atoms with Gasteiger partial charge in [0.1, 0.15) is 5.01 Å². The van der Waals surface area contributed by atoms with Crippen LogP contribution in [0.5, 0.6) is 0 Å². The molecule has 16 heavy (non-hydrogen) atoms. The van der Waals surface area contributed by atoms with Gasteiger partial charge in [0.25, 0.3) is 0 Å². The molecule has 2 rings (SSSR count). The van der Waals surface area contributed by atoms with E-state index in [9.17, 15) is 0 Å². The average molecular weight is 253 g/mol. The lowest BCUT2D eigenvalue weighted by molar-refractivity contribution is 0.696. The molecule has 86 valence electrons. The fourth-order valence-corrected chi connectivity index (χ4v) is 2.75. The van der Waals surface area contributed by atoms with Crippen molar-refractivity contribution >= 4 is 22.7 Å². The smallest absolute Gasteiger partial charge is 0.107 e. The van der Waals surface area contributed by atoms with Gasteiger partial charge in [-0.15, -0.1) is 22.7 Å². The highest BCUT2D eigenvalue weighted by atomic mass is 32.1. The summed E-state index contributed by atoms with van der Waals surface area (Å²) in [5.74, 6) is 0.577. The van der Waals surface area contributed by atoms with Gasteiger partial charge in [0.15, 0.2) is 0 Å². The van der Waals surface area contributed by atoms with Crippen molar-refractivity contribution in [2.24, 2.45) is 0 Å². The number of aromatic nitrogens is 2. The first kappa shape index (κ1) is 11.7. The maximum Gasteiger partial charge on any atom is 0.107 e. The summed E-state index contributed by atoms with van der Waals surface area (Å²) in [5, 5.41) is 4.54. The van der Waals surface area contributed by atoms with Gasteiger partial charge in [-0.2, -0.15) is 0 Å². The standard InChI is InChI=1S/C11H15N3S2/c1-8(2)10-5-14-11(16-10)6-12-3-9-4-13-7-15-9/h4-5,7-8,12H,3,6H2,1-2H3. The topological polar surface area (TPSA) is 37.8 Å². The van der Waals surface area contributed by atoms with Crippen molar-refractivity contribution < 1.29 is 0 Å². The van der Waals surface area contributed by atoms with Crippen LogP contribution >= 0.6 is 22.7 Å². The van der Waals surface area contributed by atoms with Gasteiger partial charge in [-0.1, -0.05) is 13.8 Å². The summed E-state index contributed by atoms with van der Waals surface area (Å²) < 4.78 is 0. The third kappa shape index (κ3) is 3.10. The summed E-state index contributed by atoms with van der Waals surface area (Å²) in [5.41, 5.74) is 1.86. The number of nitrogens with zero attached hydrogens (tertiary/aromatic N) is 2. The Bertz CT molecular complexity index is 420. The van der Waals surface area contributed by atoms with Gasteiger partial charge in [0, 0.05) is 35.2 Å². The Morgan fingerprint density at radius 3 is 2.81 bits per heavy atom. The molecule has 0 aliphatic carbocycles. The first-order valence-electron chi connectivity index (χ1n) is 5.28. The van der Waals surface area contributed by atoms with Gasteiger partial charge in [-0.25, -0.2) is 4.98 Å². The summed E-state index contributed by atoms with van der Waals surface area (Å²) in [6.07, 6.45) is 3.89. The predicted octanol–water partition coefficient (Wildman–Crippen LogP) is 3.01. The molecule has 2 aromatic heterocycles. The van der Waals surface area contributed by atoms with Crippen molar-refractivity contribution in [1.82, 2.24) is 15.3 Å². The maximum absolute atomic E-state index is 4.40. The molecular formula is C11H15N3S2. The molecular weight excluding hydrogens is 238 g/mol. The molecule has 0 fully saturated rings. The normalized spacial score (nSPS) is 11.2. The van der Waals surface area contributed by atoms with E-state index >= 15 is 0 Å². The highest BCUT2D eigenvalue weighted by Crippen LogP contribution is 2.21. The lowest BCUT2D eigenvalue weighted by atomic mass is 10.2. The number of thiazole rings is 2. The van der Waals surface area contributed by atoms with Crippen LogP contribution in [0.1, 0.15) is 34.5 Å². The van der Waals surface area contributed by atoms with Gasteiger partial charge in [0.2, 0.25) is 0 Å². The molecule has 5 heteroatoms. The van der Waals surface area contributed by atoms with E-state index in [1.807, 2.05) is 17.9 Å². The molecule has 0 spiro atoms. The highest BCUT2D eigenvalue weighted by molar-refractivity contribution is 7.11. The zero-order chi connectivity index (χ0) is 11.4. The second-order valence-corrected chi connectivity index (χ2v) is 6.00. The Balaban J connectivity index is 1.81. The fraction of sp³-hybridized carbons (Fsp3) is 0.455. The summed E-state index contributed by atoms with van der Waals surface area (Å²) in [6.45, 7) is 6.11. The number of nitrogens with one attached hydrogen (secondary N) is 1. The van der Waals surface area contributed by atoms with Crippen LogP contribution in [0.15, 0.2) is 17.9 Å². The fourth-order valence-electron chi connectivity index (χ4n) is 1.30. The Hall–Kier alpha value is -0.780. The van der Waals surface area contributed by atoms with E-state index in [2.05, 4.69) is 29.1 Å². The van der Waals surface area contributed by atoms with E-state index in [0.29, 0.717) is 5.92 Å². The third-order valence-corrected chi connectivity index (χ3v) is 4.28. The summed E-state index contributed by atoms with van der Waals surface area (Å²) in [7, 11) is 0. The second-order valence-electron chi connectivity index (χ2n) is 3.88. The minimum absolute atomic E-state index is 0.577. The molecule has 0 atom stereocenters. The van der Waals surface area contributed by atoms with Crippen LogP contribution in [0.25, 0.3) is 0 Å². The molecule has 0 unspecified atom stereocenters. The van der Waals surface area contributed by atoms with Crippen LogP contribution in [0.2, 0.25) is 0 Å². The van der Waals surface area contributed by atoms with E-state index in [1.54, 1.807) is 22.7 Å². The molecule has 0 bridgehead atoms. The van der Waals surface area contributed by atoms with E-state index in [-0.39, 0.29) is 0 Å². The average Bonchev–Trinajstić information content (AvgIpc) is 2.87. The summed E-state index contributed by atoms with van der Waals surface area (Å²) in [4.78, 5) is 11.1. The third-order valence-electron chi connectivity index (χ3n) is 2.20. The Labute approximate surface area is 104 Å². The van der Waals surface area contributed by atoms with Gasteiger partial charge in [-0.05, 0) is 5.92 Å². The molecule has 0 saturated carbocycles. The van der Waals surface area contributed by atoms with E-state index < -0.39 is 0 Å². The minimum atomic E-state index is 0.577. The van der Waals surface area contributed by atoms with Crippen LogP contribution in [-0.4, -0.2) is 9.97 Å². The van der Waals surface area contributed by atoms with Gasteiger partial charge in [-0.3, -0.25) is 4.98 Å². The lowest BCUT2D eigenvalue weighted by Gasteiger charge is -1.99. The molecule has 2 heterocycles. The molecule has 1 N–H and O–H groups in total. The molecule has 0 radical (unpaired) electrons. The predicted molar refractivity (Wildman–Crippen MR) is 68.9 cm³/mol. The minimum Gasteiger partial charge on any atom is -0.305 e. The Kier molecular flexibility index (Phi) is 4.04. The Morgan fingerprint density at radius 1 is 1.31 bits per heavy atom. The van der Waals surface area contributed by atoms with Crippen LogP contribution in [0.4, 0.5) is 0 Å². The van der Waals surface area contributed by atoms with Crippen LogP contribution in [0, 0.1) is 0 Å².